The molecular weight excluding hydrogens is 334 g/mol. The highest BCUT2D eigenvalue weighted by molar-refractivity contribution is 6.30. The van der Waals surface area contributed by atoms with Gasteiger partial charge in [0.05, 0.1) is 11.0 Å². The van der Waals surface area contributed by atoms with Gasteiger partial charge < -0.3 is 9.47 Å². The van der Waals surface area contributed by atoms with Crippen LogP contribution in [0.15, 0.2) is 42.5 Å². The zero-order valence-electron chi connectivity index (χ0n) is 13.8. The standard InChI is InChI=1S/C20H18ClN3O/c21-15-8-6-14(7-9-15)16-2-1-3-17-18(16)24-11-10-23(12-13-4-5-13)20(25)19(24)22-17/h1-3,6-9,13H,4-5,10-12H2. The maximum atomic E-state index is 12.9. The zero-order chi connectivity index (χ0) is 17.0. The van der Waals surface area contributed by atoms with Crippen LogP contribution in [0.25, 0.3) is 22.2 Å². The van der Waals surface area contributed by atoms with Crippen LogP contribution in [0, 0.1) is 5.92 Å². The maximum Gasteiger partial charge on any atom is 0.289 e. The largest absolute Gasteiger partial charge is 0.334 e. The molecule has 1 saturated carbocycles. The normalized spacial score (nSPS) is 17.2. The highest BCUT2D eigenvalue weighted by Gasteiger charge is 2.33. The van der Waals surface area contributed by atoms with E-state index < -0.39 is 0 Å². The molecule has 5 rings (SSSR count). The van der Waals surface area contributed by atoms with Crippen LogP contribution in [0.5, 0.6) is 0 Å². The first kappa shape index (κ1) is 15.0. The van der Waals surface area contributed by atoms with Gasteiger partial charge in [-0.15, -0.1) is 0 Å². The van der Waals surface area contributed by atoms with Crippen molar-refractivity contribution in [2.24, 2.45) is 5.92 Å². The number of carbonyl (C=O) groups is 1. The molecule has 0 radical (unpaired) electrons. The van der Waals surface area contributed by atoms with Crippen LogP contribution >= 0.6 is 11.6 Å². The Morgan fingerprint density at radius 1 is 1.08 bits per heavy atom. The second-order valence-electron chi connectivity index (χ2n) is 6.96. The van der Waals surface area contributed by atoms with Crippen molar-refractivity contribution in [3.05, 3.63) is 53.3 Å². The molecule has 1 amide bonds. The van der Waals surface area contributed by atoms with Crippen LogP contribution in [-0.4, -0.2) is 33.4 Å². The lowest BCUT2D eigenvalue weighted by Gasteiger charge is -2.28. The molecule has 0 N–H and O–H groups in total. The number of halogens is 1. The number of hydrogen-bond acceptors (Lipinski definition) is 2. The predicted octanol–water partition coefficient (Wildman–Crippen LogP) is 4.22. The average Bonchev–Trinajstić information content (AvgIpc) is 3.36. The van der Waals surface area contributed by atoms with Gasteiger partial charge in [0.2, 0.25) is 0 Å². The fourth-order valence-corrected chi connectivity index (χ4v) is 3.80. The van der Waals surface area contributed by atoms with Crippen molar-refractivity contribution in [2.75, 3.05) is 13.1 Å². The number of carbonyl (C=O) groups excluding carboxylic acids is 1. The quantitative estimate of drug-likeness (QED) is 0.708. The average molecular weight is 352 g/mol. The van der Waals surface area contributed by atoms with Gasteiger partial charge in [0, 0.05) is 30.2 Å². The van der Waals surface area contributed by atoms with Crippen molar-refractivity contribution >= 4 is 28.5 Å². The summed E-state index contributed by atoms with van der Waals surface area (Å²) in [4.78, 5) is 19.5. The molecule has 0 saturated heterocycles. The lowest BCUT2D eigenvalue weighted by atomic mass is 10.0. The van der Waals surface area contributed by atoms with Gasteiger partial charge in [-0.3, -0.25) is 4.79 Å². The number of rotatable bonds is 3. The first-order chi connectivity index (χ1) is 12.2. The lowest BCUT2D eigenvalue weighted by Crippen LogP contribution is -2.41. The summed E-state index contributed by atoms with van der Waals surface area (Å²) < 4.78 is 2.09. The molecule has 2 aliphatic rings. The molecule has 4 nitrogen and oxygen atoms in total. The van der Waals surface area contributed by atoms with Gasteiger partial charge >= 0.3 is 0 Å². The van der Waals surface area contributed by atoms with Crippen LogP contribution in [0.4, 0.5) is 0 Å². The van der Waals surface area contributed by atoms with E-state index in [1.165, 1.54) is 12.8 Å². The zero-order valence-corrected chi connectivity index (χ0v) is 14.5. The Bertz CT molecular complexity index is 973. The lowest BCUT2D eigenvalue weighted by molar-refractivity contribution is 0.0690. The minimum atomic E-state index is 0.0661. The van der Waals surface area contributed by atoms with Gasteiger partial charge in [-0.05, 0) is 42.5 Å². The van der Waals surface area contributed by atoms with E-state index in [0.717, 1.165) is 46.8 Å². The summed E-state index contributed by atoms with van der Waals surface area (Å²) in [6.45, 7) is 2.45. The van der Waals surface area contributed by atoms with Crippen LogP contribution in [0.1, 0.15) is 23.5 Å². The number of imidazole rings is 1. The second kappa shape index (κ2) is 5.60. The minimum absolute atomic E-state index is 0.0661. The van der Waals surface area contributed by atoms with Gasteiger partial charge in [-0.2, -0.15) is 0 Å². The summed E-state index contributed by atoms with van der Waals surface area (Å²) in [6.07, 6.45) is 2.50. The molecule has 1 aliphatic heterocycles. The minimum Gasteiger partial charge on any atom is -0.334 e. The number of fused-ring (bicyclic) bond motifs is 3. The first-order valence-corrected chi connectivity index (χ1v) is 9.13. The summed E-state index contributed by atoms with van der Waals surface area (Å²) >= 11 is 6.03. The third-order valence-electron chi connectivity index (χ3n) is 5.17. The third-order valence-corrected chi connectivity index (χ3v) is 5.42. The topological polar surface area (TPSA) is 38.1 Å². The number of benzene rings is 2. The highest BCUT2D eigenvalue weighted by Crippen LogP contribution is 2.34. The SMILES string of the molecule is O=C1c2nc3cccc(-c4ccc(Cl)cc4)c3n2CCN1CC1CC1. The molecule has 126 valence electrons. The van der Waals surface area contributed by atoms with Crippen molar-refractivity contribution in [1.82, 2.24) is 14.5 Å². The van der Waals surface area contributed by atoms with Crippen LogP contribution in [0.3, 0.4) is 0 Å². The molecule has 25 heavy (non-hydrogen) atoms. The molecule has 2 aromatic carbocycles. The van der Waals surface area contributed by atoms with Crippen molar-refractivity contribution in [1.29, 1.82) is 0 Å². The number of para-hydroxylation sites is 1. The van der Waals surface area contributed by atoms with E-state index in [2.05, 4.69) is 15.6 Å². The summed E-state index contributed by atoms with van der Waals surface area (Å²) in [5, 5.41) is 0.720. The summed E-state index contributed by atoms with van der Waals surface area (Å²) in [5.41, 5.74) is 4.10. The Morgan fingerprint density at radius 3 is 2.64 bits per heavy atom. The van der Waals surface area contributed by atoms with Gasteiger partial charge in [0.1, 0.15) is 0 Å². The van der Waals surface area contributed by atoms with Gasteiger partial charge in [-0.25, -0.2) is 4.98 Å². The molecule has 1 fully saturated rings. The Morgan fingerprint density at radius 2 is 1.88 bits per heavy atom. The molecule has 2 heterocycles. The van der Waals surface area contributed by atoms with Crippen molar-refractivity contribution in [3.8, 4) is 11.1 Å². The molecule has 5 heteroatoms. The highest BCUT2D eigenvalue weighted by atomic mass is 35.5. The number of hydrogen-bond donors (Lipinski definition) is 0. The fourth-order valence-electron chi connectivity index (χ4n) is 3.68. The van der Waals surface area contributed by atoms with Gasteiger partial charge in [-0.1, -0.05) is 35.9 Å². The summed E-state index contributed by atoms with van der Waals surface area (Å²) in [6, 6.07) is 13.9. The molecule has 0 atom stereocenters. The Labute approximate surface area is 151 Å². The molecule has 1 aliphatic carbocycles. The molecule has 0 spiro atoms. The van der Waals surface area contributed by atoms with Crippen molar-refractivity contribution in [3.63, 3.8) is 0 Å². The first-order valence-electron chi connectivity index (χ1n) is 8.75. The smallest absolute Gasteiger partial charge is 0.289 e. The molecular formula is C20H18ClN3O. The third kappa shape index (κ3) is 2.52. The Balaban J connectivity index is 1.63. The van der Waals surface area contributed by atoms with Crippen LogP contribution in [0.2, 0.25) is 5.02 Å². The molecule has 3 aromatic rings. The van der Waals surface area contributed by atoms with E-state index in [1.54, 1.807) is 0 Å². The van der Waals surface area contributed by atoms with Crippen LogP contribution < -0.4 is 0 Å². The van der Waals surface area contributed by atoms with E-state index >= 15 is 0 Å². The monoisotopic (exact) mass is 351 g/mol. The summed E-state index contributed by atoms with van der Waals surface area (Å²) in [7, 11) is 0. The van der Waals surface area contributed by atoms with E-state index in [-0.39, 0.29) is 5.91 Å². The van der Waals surface area contributed by atoms with E-state index in [1.807, 2.05) is 41.3 Å². The van der Waals surface area contributed by atoms with Gasteiger partial charge in [0.15, 0.2) is 5.82 Å². The Kier molecular flexibility index (Phi) is 3.35. The number of amides is 1. The summed E-state index contributed by atoms with van der Waals surface area (Å²) in [5.74, 6) is 1.34. The molecule has 0 unspecified atom stereocenters. The van der Waals surface area contributed by atoms with E-state index in [0.29, 0.717) is 11.7 Å². The van der Waals surface area contributed by atoms with Crippen LogP contribution in [-0.2, 0) is 6.54 Å². The van der Waals surface area contributed by atoms with Gasteiger partial charge in [0.25, 0.3) is 5.91 Å². The molecule has 0 bridgehead atoms. The van der Waals surface area contributed by atoms with Crippen molar-refractivity contribution < 1.29 is 4.79 Å². The second-order valence-corrected chi connectivity index (χ2v) is 7.40. The van der Waals surface area contributed by atoms with E-state index in [4.69, 9.17) is 11.6 Å². The van der Waals surface area contributed by atoms with E-state index in [9.17, 15) is 4.79 Å². The fraction of sp³-hybridized carbons (Fsp3) is 0.300. The number of nitrogens with zero attached hydrogens (tertiary/aromatic N) is 3. The Hall–Kier alpha value is -2.33. The predicted molar refractivity (Wildman–Crippen MR) is 98.8 cm³/mol. The van der Waals surface area contributed by atoms with Crippen molar-refractivity contribution in [2.45, 2.75) is 19.4 Å². The molecule has 1 aromatic heterocycles. The number of aromatic nitrogens is 2. The maximum absolute atomic E-state index is 12.9.